The highest BCUT2D eigenvalue weighted by Crippen LogP contribution is 2.25. The number of hydrogen-bond donors (Lipinski definition) is 2. The molecule has 2 aromatic rings. The van der Waals surface area contributed by atoms with Crippen molar-refractivity contribution in [3.8, 4) is 0 Å². The molecule has 1 aliphatic rings. The number of nitrogens with one attached hydrogen (secondary N) is 1. The summed E-state index contributed by atoms with van der Waals surface area (Å²) in [6.07, 6.45) is 0. The summed E-state index contributed by atoms with van der Waals surface area (Å²) in [5.74, 6) is -0.389. The Morgan fingerprint density at radius 2 is 1.67 bits per heavy atom. The third-order valence-electron chi connectivity index (χ3n) is 6.83. The fourth-order valence-electron chi connectivity index (χ4n) is 4.19. The number of carbonyl (C=O) groups excluding carboxylic acids is 2. The van der Waals surface area contributed by atoms with Crippen LogP contribution >= 0.6 is 0 Å². The minimum Gasteiger partial charge on any atom is -0.395 e. The summed E-state index contributed by atoms with van der Waals surface area (Å²) in [5, 5.41) is 12.4. The molecule has 2 aromatic carbocycles. The van der Waals surface area contributed by atoms with E-state index in [1.807, 2.05) is 52.0 Å². The van der Waals surface area contributed by atoms with Gasteiger partial charge < -0.3 is 15.3 Å². The summed E-state index contributed by atoms with van der Waals surface area (Å²) in [4.78, 5) is 26.9. The first kappa shape index (κ1) is 27.8. The molecule has 0 radical (unpaired) electrons. The highest BCUT2D eigenvalue weighted by atomic mass is 32.2. The second-order valence-electron chi connectivity index (χ2n) is 10.3. The fraction of sp³-hybridized carbons (Fsp3) is 0.481. The Balaban J connectivity index is 1.80. The summed E-state index contributed by atoms with van der Waals surface area (Å²) in [7, 11) is -3.94. The maximum atomic E-state index is 13.5. The molecule has 0 aromatic heterocycles. The quantitative estimate of drug-likeness (QED) is 0.562. The minimum absolute atomic E-state index is 0.00585. The third kappa shape index (κ3) is 6.14. The molecule has 0 spiro atoms. The van der Waals surface area contributed by atoms with Gasteiger partial charge >= 0.3 is 0 Å². The van der Waals surface area contributed by atoms with Crippen molar-refractivity contribution in [3.05, 3.63) is 65.2 Å². The van der Waals surface area contributed by atoms with E-state index < -0.39 is 22.0 Å². The molecular formula is C27H37N3O5S. The second-order valence-corrected chi connectivity index (χ2v) is 12.2. The molecule has 0 bridgehead atoms. The van der Waals surface area contributed by atoms with Gasteiger partial charge in [0.25, 0.3) is 0 Å². The molecule has 2 amide bonds. The van der Waals surface area contributed by atoms with Gasteiger partial charge in [0.2, 0.25) is 21.8 Å². The summed E-state index contributed by atoms with van der Waals surface area (Å²) in [6, 6.07) is 13.3. The van der Waals surface area contributed by atoms with E-state index in [9.17, 15) is 23.1 Å². The number of sulfonamides is 1. The van der Waals surface area contributed by atoms with Crippen LogP contribution < -0.4 is 5.32 Å². The van der Waals surface area contributed by atoms with Crippen LogP contribution in [0.25, 0.3) is 0 Å². The Bertz CT molecular complexity index is 1170. The van der Waals surface area contributed by atoms with Crippen LogP contribution in [0.5, 0.6) is 0 Å². The van der Waals surface area contributed by atoms with Gasteiger partial charge in [-0.05, 0) is 34.7 Å². The number of rotatable bonds is 8. The van der Waals surface area contributed by atoms with E-state index in [1.165, 1.54) is 16.1 Å². The number of hydrogen-bond acceptors (Lipinski definition) is 5. The molecule has 36 heavy (non-hydrogen) atoms. The Morgan fingerprint density at radius 3 is 2.19 bits per heavy atom. The van der Waals surface area contributed by atoms with E-state index in [0.717, 1.165) is 16.7 Å². The lowest BCUT2D eigenvalue weighted by Crippen LogP contribution is -2.61. The largest absolute Gasteiger partial charge is 0.395 e. The number of amides is 2. The molecule has 0 unspecified atom stereocenters. The average Bonchev–Trinajstić information content (AvgIpc) is 2.87. The maximum Gasteiger partial charge on any atom is 0.243 e. The van der Waals surface area contributed by atoms with Crippen molar-refractivity contribution < 1.29 is 23.1 Å². The van der Waals surface area contributed by atoms with Crippen LogP contribution in [0.15, 0.2) is 53.4 Å². The fourth-order valence-corrected chi connectivity index (χ4v) is 5.76. The number of benzene rings is 2. The van der Waals surface area contributed by atoms with Crippen LogP contribution in [0.3, 0.4) is 0 Å². The lowest BCUT2D eigenvalue weighted by atomic mass is 9.85. The highest BCUT2D eigenvalue weighted by molar-refractivity contribution is 7.89. The van der Waals surface area contributed by atoms with Gasteiger partial charge in [0.05, 0.1) is 11.5 Å². The summed E-state index contributed by atoms with van der Waals surface area (Å²) >= 11 is 0. The molecule has 0 aliphatic carbocycles. The minimum atomic E-state index is -3.94. The standard InChI is InChI=1S/C27H37N3O5S/c1-19(2)22-8-12-24(13-9-22)36(34,35)30-15-14-29(20(3)32)17-25(30)26(33)28-16-21-6-10-23(11-7-21)27(4,5)18-31/h6-13,19,25,31H,14-18H2,1-5H3,(H,28,33)/t25-/m1/s1. The van der Waals surface area contributed by atoms with Crippen molar-refractivity contribution in [1.29, 1.82) is 0 Å². The Hall–Kier alpha value is -2.75. The second kappa shape index (κ2) is 11.1. The van der Waals surface area contributed by atoms with Crippen LogP contribution in [-0.2, 0) is 31.6 Å². The first-order valence-electron chi connectivity index (χ1n) is 12.2. The molecule has 8 nitrogen and oxygen atoms in total. The Labute approximate surface area is 214 Å². The first-order chi connectivity index (χ1) is 16.9. The lowest BCUT2D eigenvalue weighted by molar-refractivity contribution is -0.134. The van der Waals surface area contributed by atoms with Gasteiger partial charge in [-0.2, -0.15) is 4.31 Å². The van der Waals surface area contributed by atoms with Crippen molar-refractivity contribution in [3.63, 3.8) is 0 Å². The summed E-state index contributed by atoms with van der Waals surface area (Å²) in [5.41, 5.74) is 2.48. The molecule has 3 rings (SSSR count). The van der Waals surface area contributed by atoms with Crippen molar-refractivity contribution >= 4 is 21.8 Å². The summed E-state index contributed by atoms with van der Waals surface area (Å²) in [6.45, 7) is 9.86. The number of aliphatic hydroxyl groups excluding tert-OH is 1. The first-order valence-corrected chi connectivity index (χ1v) is 13.7. The molecule has 196 valence electrons. The van der Waals surface area contributed by atoms with E-state index >= 15 is 0 Å². The van der Waals surface area contributed by atoms with Gasteiger partial charge in [-0.15, -0.1) is 0 Å². The molecular weight excluding hydrogens is 478 g/mol. The smallest absolute Gasteiger partial charge is 0.243 e. The number of aliphatic hydroxyl groups is 1. The van der Waals surface area contributed by atoms with E-state index in [2.05, 4.69) is 5.32 Å². The topological polar surface area (TPSA) is 107 Å². The van der Waals surface area contributed by atoms with Crippen molar-refractivity contribution in [2.24, 2.45) is 0 Å². The Kier molecular flexibility index (Phi) is 8.59. The zero-order valence-electron chi connectivity index (χ0n) is 21.7. The van der Waals surface area contributed by atoms with E-state index in [-0.39, 0.29) is 54.9 Å². The van der Waals surface area contributed by atoms with Gasteiger partial charge in [-0.25, -0.2) is 8.42 Å². The van der Waals surface area contributed by atoms with E-state index in [0.29, 0.717) is 0 Å². The molecule has 1 fully saturated rings. The predicted molar refractivity (Wildman–Crippen MR) is 139 cm³/mol. The average molecular weight is 516 g/mol. The van der Waals surface area contributed by atoms with Gasteiger partial charge in [-0.1, -0.05) is 64.1 Å². The van der Waals surface area contributed by atoms with Crippen LogP contribution in [0.2, 0.25) is 0 Å². The van der Waals surface area contributed by atoms with Crippen molar-refractivity contribution in [2.75, 3.05) is 26.2 Å². The van der Waals surface area contributed by atoms with E-state index in [4.69, 9.17) is 0 Å². The van der Waals surface area contributed by atoms with Gasteiger partial charge in [0.1, 0.15) is 6.04 Å². The molecule has 1 saturated heterocycles. The lowest BCUT2D eigenvalue weighted by Gasteiger charge is -2.39. The van der Waals surface area contributed by atoms with Crippen LogP contribution in [0.1, 0.15) is 57.2 Å². The molecule has 1 aliphatic heterocycles. The molecule has 1 heterocycles. The third-order valence-corrected chi connectivity index (χ3v) is 8.75. The normalized spacial score (nSPS) is 17.3. The van der Waals surface area contributed by atoms with Gasteiger partial charge in [-0.3, -0.25) is 9.59 Å². The summed E-state index contributed by atoms with van der Waals surface area (Å²) < 4.78 is 28.2. The van der Waals surface area contributed by atoms with Crippen molar-refractivity contribution in [2.45, 2.75) is 63.4 Å². The van der Waals surface area contributed by atoms with Crippen LogP contribution in [0, 0.1) is 0 Å². The molecule has 0 saturated carbocycles. The number of nitrogens with zero attached hydrogens (tertiary/aromatic N) is 2. The monoisotopic (exact) mass is 515 g/mol. The highest BCUT2D eigenvalue weighted by Gasteiger charge is 2.40. The maximum absolute atomic E-state index is 13.5. The van der Waals surface area contributed by atoms with Gasteiger partial charge in [0, 0.05) is 38.5 Å². The van der Waals surface area contributed by atoms with Crippen LogP contribution in [-0.4, -0.2) is 66.8 Å². The van der Waals surface area contributed by atoms with Gasteiger partial charge in [0.15, 0.2) is 0 Å². The zero-order chi connectivity index (χ0) is 26.7. The predicted octanol–water partition coefficient (Wildman–Crippen LogP) is 2.62. The molecule has 1 atom stereocenters. The van der Waals surface area contributed by atoms with E-state index in [1.54, 1.807) is 24.3 Å². The Morgan fingerprint density at radius 1 is 1.06 bits per heavy atom. The molecule has 2 N–H and O–H groups in total. The SMILES string of the molecule is CC(=O)N1CCN(S(=O)(=O)c2ccc(C(C)C)cc2)[C@@H](C(=O)NCc2ccc(C(C)(C)CO)cc2)C1. The van der Waals surface area contributed by atoms with Crippen LogP contribution in [0.4, 0.5) is 0 Å². The van der Waals surface area contributed by atoms with Crippen molar-refractivity contribution in [1.82, 2.24) is 14.5 Å². The zero-order valence-corrected chi connectivity index (χ0v) is 22.5. The molecule has 9 heteroatoms. The number of piperazine rings is 1. The number of carbonyl (C=O) groups is 2.